The SMILES string of the molecule is CN(Cc1ccccc1)N1C=C(N)ON1.Cl. The molecule has 1 aliphatic heterocycles. The summed E-state index contributed by atoms with van der Waals surface area (Å²) >= 11 is 0. The second kappa shape index (κ2) is 5.60. The van der Waals surface area contributed by atoms with E-state index >= 15 is 0 Å². The van der Waals surface area contributed by atoms with Gasteiger partial charge in [-0.15, -0.1) is 12.4 Å². The smallest absolute Gasteiger partial charge is 0.231 e. The van der Waals surface area contributed by atoms with Crippen LogP contribution in [0.3, 0.4) is 0 Å². The fourth-order valence-electron chi connectivity index (χ4n) is 1.36. The number of nitrogens with zero attached hydrogens (tertiary/aromatic N) is 2. The van der Waals surface area contributed by atoms with Crippen molar-refractivity contribution in [3.63, 3.8) is 0 Å². The van der Waals surface area contributed by atoms with Gasteiger partial charge in [0.05, 0.1) is 6.20 Å². The van der Waals surface area contributed by atoms with E-state index in [4.69, 9.17) is 10.6 Å². The lowest BCUT2D eigenvalue weighted by Crippen LogP contribution is -2.41. The van der Waals surface area contributed by atoms with Crippen molar-refractivity contribution in [1.82, 2.24) is 15.7 Å². The third-order valence-corrected chi connectivity index (χ3v) is 2.13. The van der Waals surface area contributed by atoms with Crippen LogP contribution in [0.2, 0.25) is 0 Å². The molecule has 0 radical (unpaired) electrons. The van der Waals surface area contributed by atoms with E-state index in [1.165, 1.54) is 5.56 Å². The Morgan fingerprint density at radius 1 is 1.38 bits per heavy atom. The second-order valence-electron chi connectivity index (χ2n) is 3.37. The third kappa shape index (κ3) is 3.03. The Kier molecular flexibility index (Phi) is 4.42. The minimum absolute atomic E-state index is 0. The normalized spacial score (nSPS) is 14.4. The number of rotatable bonds is 3. The largest absolute Gasteiger partial charge is 0.368 e. The van der Waals surface area contributed by atoms with Crippen LogP contribution in [0.4, 0.5) is 0 Å². The molecule has 0 aromatic heterocycles. The van der Waals surface area contributed by atoms with Crippen LogP contribution < -0.4 is 11.3 Å². The number of hydrogen-bond acceptors (Lipinski definition) is 5. The predicted molar refractivity (Wildman–Crippen MR) is 63.5 cm³/mol. The number of benzene rings is 1. The van der Waals surface area contributed by atoms with Crippen molar-refractivity contribution >= 4 is 12.4 Å². The Bertz CT molecular complexity index is 357. The first-order valence-corrected chi connectivity index (χ1v) is 4.70. The number of nitrogens with two attached hydrogens (primary N) is 1. The fraction of sp³-hybridized carbons (Fsp3) is 0.200. The van der Waals surface area contributed by atoms with Crippen LogP contribution in [0.5, 0.6) is 0 Å². The minimum Gasteiger partial charge on any atom is -0.368 e. The Morgan fingerprint density at radius 3 is 2.62 bits per heavy atom. The van der Waals surface area contributed by atoms with Gasteiger partial charge in [-0.25, -0.2) is 10.1 Å². The number of nitrogens with one attached hydrogen (secondary N) is 1. The van der Waals surface area contributed by atoms with Gasteiger partial charge in [-0.1, -0.05) is 30.3 Å². The Hall–Kier alpha value is -1.43. The molecule has 88 valence electrons. The van der Waals surface area contributed by atoms with Crippen molar-refractivity contribution in [3.05, 3.63) is 48.0 Å². The van der Waals surface area contributed by atoms with E-state index in [2.05, 4.69) is 17.7 Å². The van der Waals surface area contributed by atoms with Gasteiger partial charge in [0.15, 0.2) is 0 Å². The zero-order valence-corrected chi connectivity index (χ0v) is 9.78. The van der Waals surface area contributed by atoms with E-state index in [-0.39, 0.29) is 12.4 Å². The average Bonchev–Trinajstić information content (AvgIpc) is 2.66. The van der Waals surface area contributed by atoms with Gasteiger partial charge in [0.25, 0.3) is 0 Å². The molecule has 1 aliphatic rings. The highest BCUT2D eigenvalue weighted by atomic mass is 35.5. The summed E-state index contributed by atoms with van der Waals surface area (Å²) in [6.07, 6.45) is 1.68. The topological polar surface area (TPSA) is 53.8 Å². The average molecular weight is 243 g/mol. The van der Waals surface area contributed by atoms with E-state index in [1.807, 2.05) is 30.3 Å². The lowest BCUT2D eigenvalue weighted by Gasteiger charge is -2.25. The molecule has 5 nitrogen and oxygen atoms in total. The molecule has 16 heavy (non-hydrogen) atoms. The van der Waals surface area contributed by atoms with Crippen LogP contribution in [0.25, 0.3) is 0 Å². The summed E-state index contributed by atoms with van der Waals surface area (Å²) in [5.41, 5.74) is 9.36. The maximum atomic E-state index is 5.46. The summed E-state index contributed by atoms with van der Waals surface area (Å²) < 4.78 is 0. The highest BCUT2D eigenvalue weighted by molar-refractivity contribution is 5.85. The molecule has 0 spiro atoms. The fourth-order valence-corrected chi connectivity index (χ4v) is 1.36. The molecule has 0 unspecified atom stereocenters. The van der Waals surface area contributed by atoms with Crippen molar-refractivity contribution in [2.24, 2.45) is 5.73 Å². The van der Waals surface area contributed by atoms with E-state index in [0.29, 0.717) is 5.88 Å². The summed E-state index contributed by atoms with van der Waals surface area (Å²) in [6, 6.07) is 10.2. The van der Waals surface area contributed by atoms with Crippen LogP contribution in [-0.2, 0) is 11.4 Å². The first-order chi connectivity index (χ1) is 7.25. The molecule has 0 saturated carbocycles. The molecule has 0 bridgehead atoms. The van der Waals surface area contributed by atoms with Crippen LogP contribution in [0.1, 0.15) is 5.56 Å². The molecule has 1 heterocycles. The lowest BCUT2D eigenvalue weighted by atomic mass is 10.2. The van der Waals surface area contributed by atoms with Gasteiger partial charge < -0.3 is 10.6 Å². The van der Waals surface area contributed by atoms with E-state index in [1.54, 1.807) is 11.3 Å². The van der Waals surface area contributed by atoms with Gasteiger partial charge in [0, 0.05) is 13.6 Å². The molecule has 2 rings (SSSR count). The van der Waals surface area contributed by atoms with Crippen molar-refractivity contribution in [2.75, 3.05) is 7.05 Å². The first-order valence-electron chi connectivity index (χ1n) is 4.70. The van der Waals surface area contributed by atoms with Gasteiger partial charge >= 0.3 is 0 Å². The molecule has 0 atom stereocenters. The van der Waals surface area contributed by atoms with Gasteiger partial charge in [0.2, 0.25) is 5.88 Å². The number of hydrogen-bond donors (Lipinski definition) is 2. The molecular formula is C10H15ClN4O. The van der Waals surface area contributed by atoms with Gasteiger partial charge in [-0.05, 0) is 11.2 Å². The zero-order valence-electron chi connectivity index (χ0n) is 8.96. The third-order valence-electron chi connectivity index (χ3n) is 2.13. The zero-order chi connectivity index (χ0) is 10.7. The summed E-state index contributed by atoms with van der Waals surface area (Å²) in [7, 11) is 1.94. The summed E-state index contributed by atoms with van der Waals surface area (Å²) in [6.45, 7) is 0.779. The van der Waals surface area contributed by atoms with Crippen molar-refractivity contribution in [3.8, 4) is 0 Å². The molecule has 1 aromatic carbocycles. The van der Waals surface area contributed by atoms with Gasteiger partial charge in [-0.3, -0.25) is 0 Å². The lowest BCUT2D eigenvalue weighted by molar-refractivity contribution is -0.0988. The highest BCUT2D eigenvalue weighted by Gasteiger charge is 2.14. The monoisotopic (exact) mass is 242 g/mol. The van der Waals surface area contributed by atoms with E-state index in [0.717, 1.165) is 6.54 Å². The quantitative estimate of drug-likeness (QED) is 0.827. The highest BCUT2D eigenvalue weighted by Crippen LogP contribution is 2.08. The summed E-state index contributed by atoms with van der Waals surface area (Å²) in [5, 5.41) is 3.65. The van der Waals surface area contributed by atoms with E-state index in [9.17, 15) is 0 Å². The van der Waals surface area contributed by atoms with Crippen molar-refractivity contribution < 1.29 is 4.84 Å². The molecular weight excluding hydrogens is 228 g/mol. The van der Waals surface area contributed by atoms with Crippen LogP contribution in [0.15, 0.2) is 42.4 Å². The Balaban J connectivity index is 0.00000128. The minimum atomic E-state index is 0. The first kappa shape index (κ1) is 12.6. The van der Waals surface area contributed by atoms with Gasteiger partial charge in [-0.2, -0.15) is 0 Å². The Labute approximate surface area is 101 Å². The molecule has 1 aromatic rings. The standard InChI is InChI=1S/C10H14N4O.ClH/c1-13(14-8-10(11)15-12-14)7-9-5-3-2-4-6-9;/h2-6,8,12H,7,11H2,1H3;1H. The molecule has 0 saturated heterocycles. The van der Waals surface area contributed by atoms with Crippen molar-refractivity contribution in [1.29, 1.82) is 0 Å². The maximum absolute atomic E-state index is 5.46. The van der Waals surface area contributed by atoms with Gasteiger partial charge in [0.1, 0.15) is 0 Å². The molecule has 0 amide bonds. The molecule has 0 aliphatic carbocycles. The van der Waals surface area contributed by atoms with E-state index < -0.39 is 0 Å². The Morgan fingerprint density at radius 2 is 2.06 bits per heavy atom. The van der Waals surface area contributed by atoms with Crippen molar-refractivity contribution in [2.45, 2.75) is 6.54 Å². The second-order valence-corrected chi connectivity index (χ2v) is 3.37. The molecule has 3 N–H and O–H groups in total. The molecule has 6 heteroatoms. The molecule has 0 fully saturated rings. The summed E-state index contributed by atoms with van der Waals surface area (Å²) in [4.78, 5) is 4.90. The van der Waals surface area contributed by atoms with Crippen LogP contribution >= 0.6 is 12.4 Å². The summed E-state index contributed by atoms with van der Waals surface area (Å²) in [5.74, 6) is 0.356. The number of hydrazine groups is 2. The maximum Gasteiger partial charge on any atom is 0.231 e. The van der Waals surface area contributed by atoms with Crippen LogP contribution in [0, 0.1) is 0 Å². The van der Waals surface area contributed by atoms with Crippen LogP contribution in [-0.4, -0.2) is 17.2 Å². The predicted octanol–water partition coefficient (Wildman–Crippen LogP) is 0.965. The number of halogens is 1.